The number of alkyl halides is 3. The van der Waals surface area contributed by atoms with Gasteiger partial charge in [0.2, 0.25) is 0 Å². The number of H-pyrrole nitrogens is 1. The van der Waals surface area contributed by atoms with Crippen molar-refractivity contribution in [3.05, 3.63) is 65.4 Å². The molecule has 0 atom stereocenters. The second-order valence-corrected chi connectivity index (χ2v) is 5.13. The van der Waals surface area contributed by atoms with Crippen LogP contribution in [0.5, 0.6) is 5.75 Å². The van der Waals surface area contributed by atoms with Crippen molar-refractivity contribution in [3.63, 3.8) is 0 Å². The van der Waals surface area contributed by atoms with Crippen LogP contribution in [-0.4, -0.2) is 4.98 Å². The lowest BCUT2D eigenvalue weighted by Gasteiger charge is -2.10. The first-order valence-corrected chi connectivity index (χ1v) is 6.81. The molecule has 0 aliphatic carbocycles. The third-order valence-corrected chi connectivity index (χ3v) is 3.57. The van der Waals surface area contributed by atoms with E-state index in [0.29, 0.717) is 0 Å². The van der Waals surface area contributed by atoms with Gasteiger partial charge >= 0.3 is 6.18 Å². The van der Waals surface area contributed by atoms with Crippen molar-refractivity contribution < 1.29 is 17.9 Å². The fraction of sp³-hybridized carbons (Fsp3) is 0.176. The molecule has 114 valence electrons. The van der Waals surface area contributed by atoms with E-state index in [1.165, 1.54) is 12.1 Å². The van der Waals surface area contributed by atoms with Crippen LogP contribution in [0.1, 0.15) is 16.7 Å². The first-order valence-electron chi connectivity index (χ1n) is 6.81. The SMILES string of the molecule is Cc1cccc2c(COc3cccc(C(F)(F)F)c3)c[nH]c12. The van der Waals surface area contributed by atoms with E-state index in [1.54, 1.807) is 0 Å². The van der Waals surface area contributed by atoms with E-state index in [4.69, 9.17) is 4.74 Å². The molecular formula is C17H14F3NO. The summed E-state index contributed by atoms with van der Waals surface area (Å²) in [4.78, 5) is 3.17. The summed E-state index contributed by atoms with van der Waals surface area (Å²) in [5.41, 5.74) is 2.34. The predicted octanol–water partition coefficient (Wildman–Crippen LogP) is 5.07. The van der Waals surface area contributed by atoms with Crippen LogP contribution in [0.2, 0.25) is 0 Å². The number of aromatic amines is 1. The van der Waals surface area contributed by atoms with Gasteiger partial charge in [0.1, 0.15) is 12.4 Å². The molecule has 0 saturated carbocycles. The molecule has 3 aromatic rings. The predicted molar refractivity (Wildman–Crippen MR) is 78.8 cm³/mol. The quantitative estimate of drug-likeness (QED) is 0.717. The summed E-state index contributed by atoms with van der Waals surface area (Å²) in [6.45, 7) is 2.21. The third kappa shape index (κ3) is 2.79. The summed E-state index contributed by atoms with van der Waals surface area (Å²) < 4.78 is 43.5. The molecule has 1 heterocycles. The highest BCUT2D eigenvalue weighted by Crippen LogP contribution is 2.31. The molecule has 0 spiro atoms. The molecule has 22 heavy (non-hydrogen) atoms. The fourth-order valence-corrected chi connectivity index (χ4v) is 2.41. The van der Waals surface area contributed by atoms with Gasteiger partial charge in [-0.05, 0) is 30.7 Å². The van der Waals surface area contributed by atoms with Crippen molar-refractivity contribution >= 4 is 10.9 Å². The minimum atomic E-state index is -4.36. The Labute approximate surface area is 125 Å². The number of para-hydroxylation sites is 1. The number of nitrogens with one attached hydrogen (secondary N) is 1. The van der Waals surface area contributed by atoms with E-state index in [-0.39, 0.29) is 12.4 Å². The normalized spacial score (nSPS) is 11.8. The smallest absolute Gasteiger partial charge is 0.416 e. The molecule has 0 bridgehead atoms. The number of benzene rings is 2. The second-order valence-electron chi connectivity index (χ2n) is 5.13. The molecule has 1 N–H and O–H groups in total. The highest BCUT2D eigenvalue weighted by Gasteiger charge is 2.30. The lowest BCUT2D eigenvalue weighted by atomic mass is 10.1. The van der Waals surface area contributed by atoms with Gasteiger partial charge in [-0.3, -0.25) is 0 Å². The van der Waals surface area contributed by atoms with Crippen molar-refractivity contribution in [2.75, 3.05) is 0 Å². The Bertz CT molecular complexity index is 805. The molecule has 2 nitrogen and oxygen atoms in total. The highest BCUT2D eigenvalue weighted by atomic mass is 19.4. The first-order chi connectivity index (χ1) is 10.4. The number of halogens is 3. The molecule has 0 aliphatic heterocycles. The van der Waals surface area contributed by atoms with Crippen LogP contribution in [0.3, 0.4) is 0 Å². The molecule has 3 rings (SSSR count). The Morgan fingerprint density at radius 3 is 2.64 bits per heavy atom. The van der Waals surface area contributed by atoms with E-state index in [0.717, 1.165) is 34.2 Å². The average molecular weight is 305 g/mol. The van der Waals surface area contributed by atoms with Crippen molar-refractivity contribution in [1.82, 2.24) is 4.98 Å². The lowest BCUT2D eigenvalue weighted by Crippen LogP contribution is -2.05. The number of aryl methyl sites for hydroxylation is 1. The van der Waals surface area contributed by atoms with Gasteiger partial charge in [0.05, 0.1) is 5.56 Å². The van der Waals surface area contributed by atoms with Gasteiger partial charge in [0.25, 0.3) is 0 Å². The molecule has 0 fully saturated rings. The van der Waals surface area contributed by atoms with E-state index >= 15 is 0 Å². The summed E-state index contributed by atoms with van der Waals surface area (Å²) in [6.07, 6.45) is -2.54. The molecule has 5 heteroatoms. The Morgan fingerprint density at radius 1 is 1.09 bits per heavy atom. The molecule has 0 radical (unpaired) electrons. The maximum absolute atomic E-state index is 12.7. The Hall–Kier alpha value is -2.43. The summed E-state index contributed by atoms with van der Waals surface area (Å²) in [6, 6.07) is 10.8. The number of hydrogen-bond donors (Lipinski definition) is 1. The van der Waals surface area contributed by atoms with Gasteiger partial charge in [-0.25, -0.2) is 0 Å². The summed E-state index contributed by atoms with van der Waals surface area (Å²) in [5.74, 6) is 0.205. The van der Waals surface area contributed by atoms with Crippen LogP contribution >= 0.6 is 0 Å². The van der Waals surface area contributed by atoms with Crippen LogP contribution in [0.25, 0.3) is 10.9 Å². The zero-order valence-electron chi connectivity index (χ0n) is 11.9. The van der Waals surface area contributed by atoms with Gasteiger partial charge in [-0.1, -0.05) is 24.3 Å². The van der Waals surface area contributed by atoms with Crippen LogP contribution in [0.15, 0.2) is 48.7 Å². The molecule has 2 aromatic carbocycles. The first kappa shape index (κ1) is 14.5. The molecule has 0 unspecified atom stereocenters. The topological polar surface area (TPSA) is 25.0 Å². The number of ether oxygens (including phenoxy) is 1. The number of hydrogen-bond acceptors (Lipinski definition) is 1. The van der Waals surface area contributed by atoms with E-state index in [9.17, 15) is 13.2 Å². The number of aromatic nitrogens is 1. The minimum absolute atomic E-state index is 0.205. The Morgan fingerprint density at radius 2 is 1.86 bits per heavy atom. The molecule has 0 amide bonds. The van der Waals surface area contributed by atoms with Gasteiger partial charge < -0.3 is 9.72 Å². The molecular weight excluding hydrogens is 291 g/mol. The average Bonchev–Trinajstić information content (AvgIpc) is 2.89. The van der Waals surface area contributed by atoms with Crippen molar-refractivity contribution in [2.45, 2.75) is 19.7 Å². The van der Waals surface area contributed by atoms with Crippen molar-refractivity contribution in [1.29, 1.82) is 0 Å². The van der Waals surface area contributed by atoms with E-state index in [1.807, 2.05) is 31.3 Å². The fourth-order valence-electron chi connectivity index (χ4n) is 2.41. The lowest BCUT2D eigenvalue weighted by molar-refractivity contribution is -0.137. The standard InChI is InChI=1S/C17H14F3NO/c1-11-4-2-7-15-12(9-21-16(11)15)10-22-14-6-3-5-13(8-14)17(18,19)20/h2-9,21H,10H2,1H3. The Balaban J connectivity index is 1.81. The van der Waals surface area contributed by atoms with Crippen molar-refractivity contribution in [3.8, 4) is 5.75 Å². The van der Waals surface area contributed by atoms with Crippen LogP contribution in [-0.2, 0) is 12.8 Å². The number of rotatable bonds is 3. The van der Waals surface area contributed by atoms with Gasteiger partial charge in [0, 0.05) is 22.7 Å². The largest absolute Gasteiger partial charge is 0.489 e. The van der Waals surface area contributed by atoms with Crippen LogP contribution in [0, 0.1) is 6.92 Å². The summed E-state index contributed by atoms with van der Waals surface area (Å²) in [7, 11) is 0. The second kappa shape index (κ2) is 5.40. The molecule has 1 aromatic heterocycles. The van der Waals surface area contributed by atoms with E-state index in [2.05, 4.69) is 4.98 Å². The Kier molecular flexibility index (Phi) is 3.56. The van der Waals surface area contributed by atoms with Crippen molar-refractivity contribution in [2.24, 2.45) is 0 Å². The van der Waals surface area contributed by atoms with Gasteiger partial charge in [-0.15, -0.1) is 0 Å². The molecule has 0 aliphatic rings. The summed E-state index contributed by atoms with van der Waals surface area (Å²) >= 11 is 0. The zero-order chi connectivity index (χ0) is 15.7. The maximum Gasteiger partial charge on any atom is 0.416 e. The monoisotopic (exact) mass is 305 g/mol. The zero-order valence-corrected chi connectivity index (χ0v) is 11.9. The van der Waals surface area contributed by atoms with Crippen LogP contribution in [0.4, 0.5) is 13.2 Å². The number of fused-ring (bicyclic) bond motifs is 1. The highest BCUT2D eigenvalue weighted by molar-refractivity contribution is 5.85. The van der Waals surface area contributed by atoms with Crippen LogP contribution < -0.4 is 4.74 Å². The molecule has 0 saturated heterocycles. The minimum Gasteiger partial charge on any atom is -0.489 e. The van der Waals surface area contributed by atoms with E-state index < -0.39 is 11.7 Å². The third-order valence-electron chi connectivity index (χ3n) is 3.57. The maximum atomic E-state index is 12.7. The van der Waals surface area contributed by atoms with Gasteiger partial charge in [-0.2, -0.15) is 13.2 Å². The summed E-state index contributed by atoms with van der Waals surface area (Å²) in [5, 5.41) is 1.02. The van der Waals surface area contributed by atoms with Gasteiger partial charge in [0.15, 0.2) is 0 Å².